The van der Waals surface area contributed by atoms with Gasteiger partial charge in [-0.25, -0.2) is 9.97 Å². The van der Waals surface area contributed by atoms with Gasteiger partial charge in [-0.2, -0.15) is 13.2 Å². The number of anilines is 3. The number of hydrogen-bond donors (Lipinski definition) is 1. The first-order chi connectivity index (χ1) is 17.8. The zero-order valence-corrected chi connectivity index (χ0v) is 20.4. The van der Waals surface area contributed by atoms with Crippen LogP contribution in [-0.2, 0) is 6.54 Å². The summed E-state index contributed by atoms with van der Waals surface area (Å²) in [4.78, 5) is 13.6. The predicted molar refractivity (Wildman–Crippen MR) is 129 cm³/mol. The smallest absolute Gasteiger partial charge is 0.406 e. The maximum atomic E-state index is 13.4. The number of fused-ring (bicyclic) bond motifs is 1. The van der Waals surface area contributed by atoms with Gasteiger partial charge in [-0.3, -0.25) is 0 Å². The van der Waals surface area contributed by atoms with Crippen molar-refractivity contribution in [2.75, 3.05) is 41.9 Å². The second kappa shape index (κ2) is 10.6. The Morgan fingerprint density at radius 1 is 1.00 bits per heavy atom. The number of aromatic nitrogens is 2. The van der Waals surface area contributed by atoms with Crippen molar-refractivity contribution in [1.82, 2.24) is 9.97 Å². The number of benzene rings is 2. The van der Waals surface area contributed by atoms with Crippen molar-refractivity contribution >= 4 is 17.3 Å². The average molecular weight is 541 g/mol. The summed E-state index contributed by atoms with van der Waals surface area (Å²) in [5.41, 5.74) is 2.00. The van der Waals surface area contributed by atoms with Crippen LogP contribution in [0.4, 0.5) is 43.7 Å². The molecule has 13 heteroatoms. The van der Waals surface area contributed by atoms with E-state index in [2.05, 4.69) is 14.7 Å². The molecule has 1 N–H and O–H groups in total. The molecule has 0 aliphatic carbocycles. The molecule has 2 heterocycles. The SMILES string of the molecule is CN(C)c1ncc([C@@H]2CN(Cc3cccc(OC(F)(F)F)c3)c3ccccc3N2C[C@@H](O)C(F)(F)F)cn1. The summed E-state index contributed by atoms with van der Waals surface area (Å²) in [5, 5.41) is 9.95. The highest BCUT2D eigenvalue weighted by Crippen LogP contribution is 2.42. The Kier molecular flexibility index (Phi) is 7.58. The average Bonchev–Trinajstić information content (AvgIpc) is 2.84. The molecule has 3 aromatic rings. The first-order valence-electron chi connectivity index (χ1n) is 11.5. The van der Waals surface area contributed by atoms with Crippen LogP contribution in [-0.4, -0.2) is 60.9 Å². The zero-order chi connectivity index (χ0) is 27.7. The predicted octanol–water partition coefficient (Wildman–Crippen LogP) is 4.93. The van der Waals surface area contributed by atoms with Crippen LogP contribution in [0.25, 0.3) is 0 Å². The molecule has 0 spiro atoms. The molecule has 0 amide bonds. The minimum Gasteiger partial charge on any atom is -0.406 e. The minimum atomic E-state index is -4.85. The van der Waals surface area contributed by atoms with Crippen LogP contribution in [0.3, 0.4) is 0 Å². The molecule has 1 aromatic heterocycles. The van der Waals surface area contributed by atoms with Crippen LogP contribution in [0.15, 0.2) is 60.9 Å². The number of aliphatic hydroxyl groups is 1. The summed E-state index contributed by atoms with van der Waals surface area (Å²) in [6.07, 6.45) is -9.25. The summed E-state index contributed by atoms with van der Waals surface area (Å²) < 4.78 is 82.3. The molecule has 0 saturated carbocycles. The fourth-order valence-electron chi connectivity index (χ4n) is 4.29. The molecule has 1 aliphatic rings. The largest absolute Gasteiger partial charge is 0.573 e. The van der Waals surface area contributed by atoms with Crippen LogP contribution >= 0.6 is 0 Å². The van der Waals surface area contributed by atoms with E-state index in [-0.39, 0.29) is 18.8 Å². The molecule has 2 atom stereocenters. The Labute approximate surface area is 214 Å². The third kappa shape index (κ3) is 6.39. The van der Waals surface area contributed by atoms with E-state index in [0.717, 1.165) is 0 Å². The number of aliphatic hydroxyl groups excluding tert-OH is 1. The monoisotopic (exact) mass is 541 g/mol. The number of nitrogens with zero attached hydrogens (tertiary/aromatic N) is 5. The lowest BCUT2D eigenvalue weighted by molar-refractivity contribution is -0.274. The van der Waals surface area contributed by atoms with Crippen molar-refractivity contribution in [3.05, 3.63) is 72.1 Å². The van der Waals surface area contributed by atoms with E-state index < -0.39 is 31.2 Å². The summed E-state index contributed by atoms with van der Waals surface area (Å²) in [6, 6.07) is 11.5. The lowest BCUT2D eigenvalue weighted by Gasteiger charge is -2.45. The summed E-state index contributed by atoms with van der Waals surface area (Å²) >= 11 is 0. The molecular weight excluding hydrogens is 516 g/mol. The van der Waals surface area contributed by atoms with E-state index in [1.165, 1.54) is 35.5 Å². The molecule has 0 saturated heterocycles. The third-order valence-electron chi connectivity index (χ3n) is 6.00. The summed E-state index contributed by atoms with van der Waals surface area (Å²) in [6.45, 7) is -0.436. The number of ether oxygens (including phenoxy) is 1. The van der Waals surface area contributed by atoms with Gasteiger partial charge in [-0.15, -0.1) is 13.2 Å². The summed E-state index contributed by atoms with van der Waals surface area (Å²) in [7, 11) is 3.49. The van der Waals surface area contributed by atoms with Crippen molar-refractivity contribution in [3.8, 4) is 5.75 Å². The van der Waals surface area contributed by atoms with Gasteiger partial charge < -0.3 is 24.5 Å². The van der Waals surface area contributed by atoms with Crippen LogP contribution in [0.5, 0.6) is 5.75 Å². The highest BCUT2D eigenvalue weighted by atomic mass is 19.4. The van der Waals surface area contributed by atoms with Gasteiger partial charge in [0, 0.05) is 45.1 Å². The first-order valence-corrected chi connectivity index (χ1v) is 11.5. The molecule has 7 nitrogen and oxygen atoms in total. The summed E-state index contributed by atoms with van der Waals surface area (Å²) in [5.74, 6) is 0.0321. The lowest BCUT2D eigenvalue weighted by atomic mass is 10.00. The standard InChI is InChI=1S/C25H25F6N5O2/c1-34(2)23-32-11-17(12-33-23)21-14-35(13-16-6-5-7-18(10-16)38-25(29,30)31)19-8-3-4-9-20(19)36(21)15-22(37)24(26,27)28/h3-12,21-22,37H,13-15H2,1-2H3/t21-,22+/m0/s1. The Morgan fingerprint density at radius 3 is 2.26 bits per heavy atom. The molecule has 0 radical (unpaired) electrons. The molecule has 2 aromatic carbocycles. The Morgan fingerprint density at radius 2 is 1.66 bits per heavy atom. The number of hydrogen-bond acceptors (Lipinski definition) is 7. The first kappa shape index (κ1) is 27.3. The molecule has 204 valence electrons. The van der Waals surface area contributed by atoms with Gasteiger partial charge in [0.25, 0.3) is 0 Å². The van der Waals surface area contributed by atoms with Crippen molar-refractivity contribution in [2.24, 2.45) is 0 Å². The van der Waals surface area contributed by atoms with Crippen LogP contribution in [0, 0.1) is 0 Å². The number of rotatable bonds is 7. The molecular formula is C25H25F6N5O2. The van der Waals surface area contributed by atoms with Gasteiger partial charge >= 0.3 is 12.5 Å². The van der Waals surface area contributed by atoms with E-state index in [0.29, 0.717) is 28.5 Å². The van der Waals surface area contributed by atoms with E-state index in [1.54, 1.807) is 49.3 Å². The molecule has 0 fully saturated rings. The number of halogens is 6. The molecule has 38 heavy (non-hydrogen) atoms. The Hall–Kier alpha value is -3.74. The van der Waals surface area contributed by atoms with Crippen LogP contribution in [0.2, 0.25) is 0 Å². The fraction of sp³-hybridized carbons (Fsp3) is 0.360. The Balaban J connectivity index is 1.72. The van der Waals surface area contributed by atoms with Crippen molar-refractivity contribution in [2.45, 2.75) is 31.2 Å². The van der Waals surface area contributed by atoms with E-state index in [9.17, 15) is 31.4 Å². The van der Waals surface area contributed by atoms with E-state index in [1.807, 2.05) is 4.90 Å². The quantitative estimate of drug-likeness (QED) is 0.426. The minimum absolute atomic E-state index is 0.148. The molecule has 0 unspecified atom stereocenters. The van der Waals surface area contributed by atoms with Crippen molar-refractivity contribution in [1.29, 1.82) is 0 Å². The Bertz CT molecular complexity index is 1240. The van der Waals surface area contributed by atoms with E-state index >= 15 is 0 Å². The fourth-order valence-corrected chi connectivity index (χ4v) is 4.29. The van der Waals surface area contributed by atoms with Gasteiger partial charge in [0.05, 0.1) is 24.0 Å². The maximum Gasteiger partial charge on any atom is 0.573 e. The van der Waals surface area contributed by atoms with Gasteiger partial charge in [-0.1, -0.05) is 24.3 Å². The zero-order valence-electron chi connectivity index (χ0n) is 20.4. The number of para-hydroxylation sites is 2. The second-order valence-electron chi connectivity index (χ2n) is 9.00. The highest BCUT2D eigenvalue weighted by molar-refractivity contribution is 5.74. The topological polar surface area (TPSA) is 65.0 Å². The van der Waals surface area contributed by atoms with E-state index in [4.69, 9.17) is 0 Å². The lowest BCUT2D eigenvalue weighted by Crippen LogP contribution is -2.49. The van der Waals surface area contributed by atoms with Crippen molar-refractivity contribution < 1.29 is 36.2 Å². The van der Waals surface area contributed by atoms with Gasteiger partial charge in [-0.05, 0) is 29.8 Å². The number of alkyl halides is 6. The van der Waals surface area contributed by atoms with Crippen molar-refractivity contribution in [3.63, 3.8) is 0 Å². The van der Waals surface area contributed by atoms with Gasteiger partial charge in [0.1, 0.15) is 5.75 Å². The number of β-amino-alcohol motifs (C(OH)–C–C–N with tert-alkyl or cyclic N) is 1. The van der Waals surface area contributed by atoms with Crippen LogP contribution < -0.4 is 19.4 Å². The highest BCUT2D eigenvalue weighted by Gasteiger charge is 2.42. The van der Waals surface area contributed by atoms with Gasteiger partial charge in [0.15, 0.2) is 6.10 Å². The molecule has 1 aliphatic heterocycles. The maximum absolute atomic E-state index is 13.4. The normalized spacial score (nSPS) is 16.7. The van der Waals surface area contributed by atoms with Crippen LogP contribution in [0.1, 0.15) is 17.2 Å². The molecule has 0 bridgehead atoms. The second-order valence-corrected chi connectivity index (χ2v) is 9.00. The third-order valence-corrected chi connectivity index (χ3v) is 6.00. The molecule has 4 rings (SSSR count). The van der Waals surface area contributed by atoms with Gasteiger partial charge in [0.2, 0.25) is 5.95 Å².